The van der Waals surface area contributed by atoms with Gasteiger partial charge in [0.05, 0.1) is 18.7 Å². The molecular weight excluding hydrogens is 318 g/mol. The van der Waals surface area contributed by atoms with E-state index in [2.05, 4.69) is 10.6 Å². The summed E-state index contributed by atoms with van der Waals surface area (Å²) in [5.74, 6) is -3.06. The molecular formula is C17H16F2N2O3. The van der Waals surface area contributed by atoms with Crippen LogP contribution in [-0.4, -0.2) is 23.5 Å². The van der Waals surface area contributed by atoms with Gasteiger partial charge in [0.25, 0.3) is 5.91 Å². The fourth-order valence-corrected chi connectivity index (χ4v) is 2.07. The van der Waals surface area contributed by atoms with E-state index in [0.717, 1.165) is 17.7 Å². The largest absolute Gasteiger partial charge is 0.392 e. The summed E-state index contributed by atoms with van der Waals surface area (Å²) >= 11 is 0. The van der Waals surface area contributed by atoms with E-state index < -0.39 is 23.4 Å². The molecule has 0 spiro atoms. The Labute approximate surface area is 137 Å². The Kier molecular flexibility index (Phi) is 5.97. The zero-order valence-electron chi connectivity index (χ0n) is 12.7. The smallest absolute Gasteiger partial charge is 0.254 e. The van der Waals surface area contributed by atoms with Gasteiger partial charge in [-0.3, -0.25) is 9.59 Å². The predicted octanol–water partition coefficient (Wildman–Crippen LogP) is 1.50. The maximum absolute atomic E-state index is 13.5. The van der Waals surface area contributed by atoms with Gasteiger partial charge in [-0.2, -0.15) is 0 Å². The number of carbonyl (C=O) groups excluding carboxylic acids is 2. The van der Waals surface area contributed by atoms with Gasteiger partial charge < -0.3 is 15.7 Å². The van der Waals surface area contributed by atoms with Crippen molar-refractivity contribution >= 4 is 11.8 Å². The third kappa shape index (κ3) is 4.60. The number of aliphatic hydroxyl groups excluding tert-OH is 1. The van der Waals surface area contributed by atoms with E-state index in [1.165, 1.54) is 0 Å². The normalized spacial score (nSPS) is 10.3. The summed E-state index contributed by atoms with van der Waals surface area (Å²) in [6.45, 7) is -0.306. The quantitative estimate of drug-likeness (QED) is 0.749. The summed E-state index contributed by atoms with van der Waals surface area (Å²) in [6, 6.07) is 9.62. The van der Waals surface area contributed by atoms with Crippen LogP contribution in [0.4, 0.5) is 8.78 Å². The lowest BCUT2D eigenvalue weighted by Crippen LogP contribution is -2.37. The molecule has 5 nitrogen and oxygen atoms in total. The molecule has 126 valence electrons. The number of nitrogens with one attached hydrogen (secondary N) is 2. The van der Waals surface area contributed by atoms with Gasteiger partial charge in [0.15, 0.2) is 0 Å². The molecule has 0 fully saturated rings. The van der Waals surface area contributed by atoms with Crippen molar-refractivity contribution in [2.45, 2.75) is 13.2 Å². The van der Waals surface area contributed by atoms with Gasteiger partial charge in [0.2, 0.25) is 5.91 Å². The third-order valence-corrected chi connectivity index (χ3v) is 3.35. The molecule has 0 bridgehead atoms. The van der Waals surface area contributed by atoms with Crippen LogP contribution in [0.5, 0.6) is 0 Å². The first-order chi connectivity index (χ1) is 11.5. The van der Waals surface area contributed by atoms with Crippen LogP contribution in [-0.2, 0) is 17.9 Å². The SMILES string of the molecule is O=C(CNC(=O)c1ccc(F)cc1F)NCc1ccccc1CO. The molecule has 0 saturated heterocycles. The molecule has 2 amide bonds. The first-order valence-corrected chi connectivity index (χ1v) is 7.19. The second-order valence-electron chi connectivity index (χ2n) is 5.01. The minimum atomic E-state index is -0.996. The monoisotopic (exact) mass is 334 g/mol. The fourth-order valence-electron chi connectivity index (χ4n) is 2.07. The number of carbonyl (C=O) groups is 2. The number of aliphatic hydroxyl groups is 1. The van der Waals surface area contributed by atoms with E-state index in [4.69, 9.17) is 0 Å². The molecule has 0 heterocycles. The summed E-state index contributed by atoms with van der Waals surface area (Å²) in [5, 5.41) is 14.0. The average Bonchev–Trinajstić information content (AvgIpc) is 2.58. The highest BCUT2D eigenvalue weighted by Gasteiger charge is 2.13. The second kappa shape index (κ2) is 8.16. The van der Waals surface area contributed by atoms with Gasteiger partial charge in [-0.05, 0) is 23.3 Å². The topological polar surface area (TPSA) is 78.4 Å². The first-order valence-electron chi connectivity index (χ1n) is 7.19. The van der Waals surface area contributed by atoms with Crippen molar-refractivity contribution < 1.29 is 23.5 Å². The van der Waals surface area contributed by atoms with Crippen molar-refractivity contribution in [2.24, 2.45) is 0 Å². The van der Waals surface area contributed by atoms with E-state index in [9.17, 15) is 23.5 Å². The van der Waals surface area contributed by atoms with Crippen molar-refractivity contribution in [1.29, 1.82) is 0 Å². The van der Waals surface area contributed by atoms with E-state index in [1.54, 1.807) is 24.3 Å². The molecule has 0 unspecified atom stereocenters. The summed E-state index contributed by atoms with van der Waals surface area (Å²) in [6.07, 6.45) is 0. The van der Waals surface area contributed by atoms with Crippen molar-refractivity contribution in [3.05, 3.63) is 70.8 Å². The average molecular weight is 334 g/mol. The van der Waals surface area contributed by atoms with Gasteiger partial charge in [0.1, 0.15) is 11.6 Å². The Hall–Kier alpha value is -2.80. The summed E-state index contributed by atoms with van der Waals surface area (Å²) < 4.78 is 26.2. The molecule has 7 heteroatoms. The first kappa shape index (κ1) is 17.6. The van der Waals surface area contributed by atoms with Crippen molar-refractivity contribution in [1.82, 2.24) is 10.6 Å². The molecule has 3 N–H and O–H groups in total. The Morgan fingerprint density at radius 1 is 1.00 bits per heavy atom. The zero-order valence-corrected chi connectivity index (χ0v) is 12.7. The van der Waals surface area contributed by atoms with Crippen molar-refractivity contribution in [3.8, 4) is 0 Å². The van der Waals surface area contributed by atoms with Gasteiger partial charge >= 0.3 is 0 Å². The molecule has 24 heavy (non-hydrogen) atoms. The van der Waals surface area contributed by atoms with Crippen LogP contribution in [0.15, 0.2) is 42.5 Å². The lowest BCUT2D eigenvalue weighted by molar-refractivity contribution is -0.120. The van der Waals surface area contributed by atoms with Crippen LogP contribution in [0.1, 0.15) is 21.5 Å². The predicted molar refractivity (Wildman–Crippen MR) is 82.9 cm³/mol. The standard InChI is InChI=1S/C17H16F2N2O3/c18-13-5-6-14(15(19)7-13)17(24)21-9-16(23)20-8-11-3-1-2-4-12(11)10-22/h1-7,22H,8-10H2,(H,20,23)(H,21,24). The minimum absolute atomic E-state index is 0.146. The molecule has 0 aliphatic rings. The van der Waals surface area contributed by atoms with Crippen LogP contribution < -0.4 is 10.6 Å². The third-order valence-electron chi connectivity index (χ3n) is 3.35. The Morgan fingerprint density at radius 3 is 2.38 bits per heavy atom. The molecule has 2 aromatic rings. The fraction of sp³-hybridized carbons (Fsp3) is 0.176. The van der Waals surface area contributed by atoms with Crippen LogP contribution >= 0.6 is 0 Å². The molecule has 0 aliphatic carbocycles. The van der Waals surface area contributed by atoms with Crippen LogP contribution in [0.25, 0.3) is 0 Å². The van der Waals surface area contributed by atoms with Crippen LogP contribution in [0, 0.1) is 11.6 Å². The van der Waals surface area contributed by atoms with Gasteiger partial charge in [-0.15, -0.1) is 0 Å². The van der Waals surface area contributed by atoms with Gasteiger partial charge in [-0.25, -0.2) is 8.78 Å². The number of halogens is 2. The number of hydrogen-bond donors (Lipinski definition) is 3. The highest BCUT2D eigenvalue weighted by molar-refractivity contribution is 5.96. The lowest BCUT2D eigenvalue weighted by atomic mass is 10.1. The Morgan fingerprint density at radius 2 is 1.71 bits per heavy atom. The van der Waals surface area contributed by atoms with Crippen molar-refractivity contribution in [3.63, 3.8) is 0 Å². The second-order valence-corrected chi connectivity index (χ2v) is 5.01. The molecule has 0 aromatic heterocycles. The number of benzene rings is 2. The molecule has 2 aromatic carbocycles. The lowest BCUT2D eigenvalue weighted by Gasteiger charge is -2.10. The Balaban J connectivity index is 1.85. The van der Waals surface area contributed by atoms with Crippen LogP contribution in [0.3, 0.4) is 0 Å². The summed E-state index contributed by atoms with van der Waals surface area (Å²) in [4.78, 5) is 23.5. The molecule has 0 radical (unpaired) electrons. The highest BCUT2D eigenvalue weighted by Crippen LogP contribution is 2.09. The summed E-state index contributed by atoms with van der Waals surface area (Å²) in [5.41, 5.74) is 1.11. The van der Waals surface area contributed by atoms with E-state index in [1.807, 2.05) is 0 Å². The van der Waals surface area contributed by atoms with Crippen molar-refractivity contribution in [2.75, 3.05) is 6.54 Å². The van der Waals surface area contributed by atoms with E-state index in [0.29, 0.717) is 11.6 Å². The highest BCUT2D eigenvalue weighted by atomic mass is 19.1. The molecule has 0 aliphatic heterocycles. The number of rotatable bonds is 6. The van der Waals surface area contributed by atoms with Gasteiger partial charge in [0, 0.05) is 12.6 Å². The molecule has 0 atom stereocenters. The summed E-state index contributed by atoms with van der Waals surface area (Å²) in [7, 11) is 0. The Bertz CT molecular complexity index is 750. The van der Waals surface area contributed by atoms with Crippen LogP contribution in [0.2, 0.25) is 0 Å². The molecule has 0 saturated carbocycles. The number of amides is 2. The number of hydrogen-bond acceptors (Lipinski definition) is 3. The maximum Gasteiger partial charge on any atom is 0.254 e. The van der Waals surface area contributed by atoms with Gasteiger partial charge in [-0.1, -0.05) is 24.3 Å². The molecule has 2 rings (SSSR count). The maximum atomic E-state index is 13.5. The minimum Gasteiger partial charge on any atom is -0.392 e. The van der Waals surface area contributed by atoms with E-state index >= 15 is 0 Å². The zero-order chi connectivity index (χ0) is 17.5. The van der Waals surface area contributed by atoms with E-state index in [-0.39, 0.29) is 25.3 Å².